The number of amides is 1. The molecule has 2 aromatic rings. The Bertz CT molecular complexity index is 668. The van der Waals surface area contributed by atoms with E-state index in [1.165, 1.54) is 0 Å². The van der Waals surface area contributed by atoms with Crippen molar-refractivity contribution in [1.29, 1.82) is 0 Å². The van der Waals surface area contributed by atoms with Crippen molar-refractivity contribution in [1.82, 2.24) is 19.9 Å². The molecule has 1 aliphatic rings. The smallest absolute Gasteiger partial charge is 0.256 e. The molecule has 0 spiro atoms. The van der Waals surface area contributed by atoms with E-state index in [0.29, 0.717) is 24.5 Å². The summed E-state index contributed by atoms with van der Waals surface area (Å²) >= 11 is 1.87. The molecule has 1 aliphatic heterocycles. The van der Waals surface area contributed by atoms with Crippen molar-refractivity contribution in [3.8, 4) is 5.88 Å². The number of carbonyl (C=O) groups is 1. The number of aromatic nitrogens is 3. The third-order valence-electron chi connectivity index (χ3n) is 3.74. The summed E-state index contributed by atoms with van der Waals surface area (Å²) in [6.07, 6.45) is 6.46. The SMILES string of the molecule is Cc1nccn1CCNC(=O)c1cccnc1O[C@@H]1CCSC1. The van der Waals surface area contributed by atoms with Crippen LogP contribution in [0.5, 0.6) is 5.88 Å². The van der Waals surface area contributed by atoms with Gasteiger partial charge in [-0.05, 0) is 31.2 Å². The van der Waals surface area contributed by atoms with Gasteiger partial charge in [0.05, 0.1) is 0 Å². The molecule has 1 amide bonds. The van der Waals surface area contributed by atoms with Gasteiger partial charge in [0.15, 0.2) is 0 Å². The molecular weight excluding hydrogens is 312 g/mol. The number of aryl methyl sites for hydroxylation is 1. The largest absolute Gasteiger partial charge is 0.473 e. The minimum atomic E-state index is -0.156. The molecule has 0 bridgehead atoms. The number of hydrogen-bond acceptors (Lipinski definition) is 5. The number of pyridine rings is 1. The summed E-state index contributed by atoms with van der Waals surface area (Å²) in [5, 5.41) is 2.92. The van der Waals surface area contributed by atoms with Gasteiger partial charge in [-0.25, -0.2) is 9.97 Å². The summed E-state index contributed by atoms with van der Waals surface area (Å²) in [7, 11) is 0. The molecular formula is C16H20N4O2S. The first-order chi connectivity index (χ1) is 11.2. The quantitative estimate of drug-likeness (QED) is 0.875. The fraction of sp³-hybridized carbons (Fsp3) is 0.438. The monoisotopic (exact) mass is 332 g/mol. The molecule has 0 aliphatic carbocycles. The highest BCUT2D eigenvalue weighted by atomic mass is 32.2. The zero-order valence-corrected chi connectivity index (χ0v) is 13.9. The van der Waals surface area contributed by atoms with Crippen LogP contribution in [-0.2, 0) is 6.54 Å². The number of nitrogens with one attached hydrogen (secondary N) is 1. The second kappa shape index (κ2) is 7.50. The molecule has 1 N–H and O–H groups in total. The normalized spacial score (nSPS) is 17.2. The summed E-state index contributed by atoms with van der Waals surface area (Å²) in [4.78, 5) is 20.8. The van der Waals surface area contributed by atoms with Crippen molar-refractivity contribution < 1.29 is 9.53 Å². The van der Waals surface area contributed by atoms with Crippen LogP contribution in [0, 0.1) is 6.92 Å². The minimum absolute atomic E-state index is 0.148. The molecule has 1 fully saturated rings. The van der Waals surface area contributed by atoms with Crippen LogP contribution in [0.3, 0.4) is 0 Å². The Morgan fingerprint density at radius 1 is 1.48 bits per heavy atom. The third kappa shape index (κ3) is 4.04. The Morgan fingerprint density at radius 2 is 2.39 bits per heavy atom. The van der Waals surface area contributed by atoms with E-state index in [2.05, 4.69) is 15.3 Å². The molecule has 3 rings (SSSR count). The summed E-state index contributed by atoms with van der Waals surface area (Å²) < 4.78 is 7.89. The molecule has 7 heteroatoms. The van der Waals surface area contributed by atoms with Crippen molar-refractivity contribution in [2.24, 2.45) is 0 Å². The van der Waals surface area contributed by atoms with Crippen molar-refractivity contribution in [2.45, 2.75) is 26.0 Å². The zero-order chi connectivity index (χ0) is 16.1. The van der Waals surface area contributed by atoms with Crippen LogP contribution in [0.15, 0.2) is 30.7 Å². The van der Waals surface area contributed by atoms with Gasteiger partial charge in [0.1, 0.15) is 17.5 Å². The zero-order valence-electron chi connectivity index (χ0n) is 13.1. The van der Waals surface area contributed by atoms with Gasteiger partial charge in [-0.2, -0.15) is 11.8 Å². The van der Waals surface area contributed by atoms with Gasteiger partial charge in [0.25, 0.3) is 5.91 Å². The highest BCUT2D eigenvalue weighted by molar-refractivity contribution is 7.99. The average Bonchev–Trinajstić information content (AvgIpc) is 3.20. The predicted molar refractivity (Wildman–Crippen MR) is 89.9 cm³/mol. The van der Waals surface area contributed by atoms with E-state index in [4.69, 9.17) is 4.74 Å². The maximum Gasteiger partial charge on any atom is 0.256 e. The molecule has 23 heavy (non-hydrogen) atoms. The molecule has 6 nitrogen and oxygen atoms in total. The maximum absolute atomic E-state index is 12.4. The Kier molecular flexibility index (Phi) is 5.17. The molecule has 0 saturated carbocycles. The fourth-order valence-corrected chi connectivity index (χ4v) is 3.54. The number of ether oxygens (including phenoxy) is 1. The average molecular weight is 332 g/mol. The summed E-state index contributed by atoms with van der Waals surface area (Å²) in [6, 6.07) is 3.51. The van der Waals surface area contributed by atoms with E-state index in [1.54, 1.807) is 24.5 Å². The van der Waals surface area contributed by atoms with Gasteiger partial charge in [-0.3, -0.25) is 4.79 Å². The lowest BCUT2D eigenvalue weighted by molar-refractivity contribution is 0.0944. The van der Waals surface area contributed by atoms with Crippen LogP contribution in [0.25, 0.3) is 0 Å². The van der Waals surface area contributed by atoms with Gasteiger partial charge >= 0.3 is 0 Å². The van der Waals surface area contributed by atoms with E-state index in [1.807, 2.05) is 29.4 Å². The molecule has 0 unspecified atom stereocenters. The van der Waals surface area contributed by atoms with Gasteiger partial charge in [0, 0.05) is 37.4 Å². The molecule has 2 aromatic heterocycles. The van der Waals surface area contributed by atoms with Crippen LogP contribution >= 0.6 is 11.8 Å². The van der Waals surface area contributed by atoms with Crippen molar-refractivity contribution in [3.63, 3.8) is 0 Å². The number of nitrogens with zero attached hydrogens (tertiary/aromatic N) is 3. The fourth-order valence-electron chi connectivity index (χ4n) is 2.45. The molecule has 1 saturated heterocycles. The number of imidazole rings is 1. The standard InChI is InChI=1S/C16H20N4O2S/c1-12-17-6-8-20(12)9-7-18-15(21)14-3-2-5-19-16(14)22-13-4-10-23-11-13/h2-3,5-6,8,13H,4,7,9-11H2,1H3,(H,18,21)/t13-/m1/s1. The molecule has 122 valence electrons. The lowest BCUT2D eigenvalue weighted by Crippen LogP contribution is -2.28. The van der Waals surface area contributed by atoms with Crippen LogP contribution in [0.2, 0.25) is 0 Å². The van der Waals surface area contributed by atoms with Gasteiger partial charge in [0.2, 0.25) is 5.88 Å². The topological polar surface area (TPSA) is 69.0 Å². The maximum atomic E-state index is 12.4. The number of carbonyl (C=O) groups excluding carboxylic acids is 1. The van der Waals surface area contributed by atoms with Crippen molar-refractivity contribution >= 4 is 17.7 Å². The lowest BCUT2D eigenvalue weighted by atomic mass is 10.2. The molecule has 0 aromatic carbocycles. The first-order valence-electron chi connectivity index (χ1n) is 7.69. The number of rotatable bonds is 6. The number of hydrogen-bond donors (Lipinski definition) is 1. The van der Waals surface area contributed by atoms with E-state index in [9.17, 15) is 4.79 Å². The lowest BCUT2D eigenvalue weighted by Gasteiger charge is -2.14. The summed E-state index contributed by atoms with van der Waals surface area (Å²) in [6.45, 7) is 3.16. The Balaban J connectivity index is 1.59. The molecule has 3 heterocycles. The van der Waals surface area contributed by atoms with E-state index < -0.39 is 0 Å². The summed E-state index contributed by atoms with van der Waals surface area (Å²) in [5.41, 5.74) is 0.492. The molecule has 1 atom stereocenters. The first-order valence-corrected chi connectivity index (χ1v) is 8.85. The van der Waals surface area contributed by atoms with E-state index in [0.717, 1.165) is 23.8 Å². The van der Waals surface area contributed by atoms with Gasteiger partial charge < -0.3 is 14.6 Å². The Labute approximate surface area is 139 Å². The van der Waals surface area contributed by atoms with Crippen LogP contribution in [0.4, 0.5) is 0 Å². The second-order valence-electron chi connectivity index (χ2n) is 5.38. The predicted octanol–water partition coefficient (Wildman–Crippen LogP) is 1.90. The first kappa shape index (κ1) is 15.9. The van der Waals surface area contributed by atoms with Gasteiger partial charge in [-0.15, -0.1) is 0 Å². The Hall–Kier alpha value is -2.02. The third-order valence-corrected chi connectivity index (χ3v) is 4.88. The number of thioether (sulfide) groups is 1. The van der Waals surface area contributed by atoms with Crippen molar-refractivity contribution in [2.75, 3.05) is 18.1 Å². The highest BCUT2D eigenvalue weighted by Crippen LogP contribution is 2.24. The van der Waals surface area contributed by atoms with Crippen LogP contribution in [0.1, 0.15) is 22.6 Å². The van der Waals surface area contributed by atoms with Crippen LogP contribution in [-0.4, -0.2) is 44.6 Å². The Morgan fingerprint density at radius 3 is 3.13 bits per heavy atom. The van der Waals surface area contributed by atoms with Crippen LogP contribution < -0.4 is 10.1 Å². The summed E-state index contributed by atoms with van der Waals surface area (Å²) in [5.74, 6) is 3.26. The molecule has 0 radical (unpaired) electrons. The van der Waals surface area contributed by atoms with E-state index in [-0.39, 0.29) is 12.0 Å². The minimum Gasteiger partial charge on any atom is -0.473 e. The highest BCUT2D eigenvalue weighted by Gasteiger charge is 2.21. The van der Waals surface area contributed by atoms with Gasteiger partial charge in [-0.1, -0.05) is 0 Å². The van der Waals surface area contributed by atoms with E-state index >= 15 is 0 Å². The van der Waals surface area contributed by atoms with Crippen molar-refractivity contribution in [3.05, 3.63) is 42.1 Å². The second-order valence-corrected chi connectivity index (χ2v) is 6.53.